The minimum atomic E-state index is 0.723. The van der Waals surface area contributed by atoms with E-state index in [1.54, 1.807) is 0 Å². The highest BCUT2D eigenvalue weighted by atomic mass is 15.1. The summed E-state index contributed by atoms with van der Waals surface area (Å²) in [5, 5.41) is 3.39. The van der Waals surface area contributed by atoms with Crippen molar-refractivity contribution < 1.29 is 0 Å². The Hall–Kier alpha value is -0.500. The zero-order valence-corrected chi connectivity index (χ0v) is 8.92. The van der Waals surface area contributed by atoms with Crippen molar-refractivity contribution in [3.05, 3.63) is 12.8 Å². The summed E-state index contributed by atoms with van der Waals surface area (Å²) in [5.74, 6) is 0.730. The van der Waals surface area contributed by atoms with Crippen LogP contribution >= 0.6 is 0 Å². The van der Waals surface area contributed by atoms with E-state index in [-0.39, 0.29) is 0 Å². The van der Waals surface area contributed by atoms with Gasteiger partial charge in [-0.3, -0.25) is 0 Å². The van der Waals surface area contributed by atoms with Gasteiger partial charge in [0.15, 0.2) is 0 Å². The van der Waals surface area contributed by atoms with E-state index < -0.39 is 0 Å². The predicted octanol–water partition coefficient (Wildman–Crippen LogP) is 1.84. The summed E-state index contributed by atoms with van der Waals surface area (Å²) in [6, 6.07) is 0.723. The molecule has 1 aliphatic heterocycles. The molecule has 0 aliphatic carbocycles. The molecule has 0 bridgehead atoms. The minimum absolute atomic E-state index is 0.723. The SMILES string of the molecule is C=CN(CC(C)C)C1CCNCC1. The Morgan fingerprint density at radius 2 is 2.08 bits per heavy atom. The lowest BCUT2D eigenvalue weighted by molar-refractivity contribution is 0.207. The first-order valence-corrected chi connectivity index (χ1v) is 5.33. The molecule has 0 spiro atoms. The van der Waals surface area contributed by atoms with Crippen LogP contribution < -0.4 is 5.32 Å². The van der Waals surface area contributed by atoms with Gasteiger partial charge in [-0.2, -0.15) is 0 Å². The molecule has 1 rings (SSSR count). The molecule has 1 fully saturated rings. The third-order valence-electron chi connectivity index (χ3n) is 2.59. The highest BCUT2D eigenvalue weighted by Crippen LogP contribution is 2.13. The number of hydrogen-bond acceptors (Lipinski definition) is 2. The van der Waals surface area contributed by atoms with Gasteiger partial charge >= 0.3 is 0 Å². The molecule has 2 nitrogen and oxygen atoms in total. The second-order valence-corrected chi connectivity index (χ2v) is 4.25. The molecule has 0 aromatic carbocycles. The monoisotopic (exact) mass is 182 g/mol. The van der Waals surface area contributed by atoms with Gasteiger partial charge in [0.2, 0.25) is 0 Å². The maximum absolute atomic E-state index is 3.89. The van der Waals surface area contributed by atoms with Gasteiger partial charge in [0.05, 0.1) is 0 Å². The van der Waals surface area contributed by atoms with Crippen LogP contribution in [0.15, 0.2) is 12.8 Å². The Bertz CT molecular complexity index is 148. The summed E-state index contributed by atoms with van der Waals surface area (Å²) < 4.78 is 0. The summed E-state index contributed by atoms with van der Waals surface area (Å²) in [4.78, 5) is 2.41. The number of nitrogens with one attached hydrogen (secondary N) is 1. The highest BCUT2D eigenvalue weighted by molar-refractivity contribution is 4.84. The molecule has 0 saturated carbocycles. The van der Waals surface area contributed by atoms with Gasteiger partial charge in [-0.1, -0.05) is 20.4 Å². The van der Waals surface area contributed by atoms with E-state index in [2.05, 4.69) is 30.6 Å². The first-order valence-electron chi connectivity index (χ1n) is 5.33. The Morgan fingerprint density at radius 3 is 2.54 bits per heavy atom. The van der Waals surface area contributed by atoms with Gasteiger partial charge in [0.1, 0.15) is 0 Å². The largest absolute Gasteiger partial charge is 0.375 e. The molecule has 13 heavy (non-hydrogen) atoms. The van der Waals surface area contributed by atoms with E-state index in [0.717, 1.165) is 31.6 Å². The zero-order valence-electron chi connectivity index (χ0n) is 8.92. The Morgan fingerprint density at radius 1 is 1.46 bits per heavy atom. The molecule has 0 radical (unpaired) electrons. The first kappa shape index (κ1) is 10.6. The lowest BCUT2D eigenvalue weighted by Gasteiger charge is -2.34. The maximum atomic E-state index is 3.89. The second-order valence-electron chi connectivity index (χ2n) is 4.25. The number of nitrogens with zero attached hydrogens (tertiary/aromatic N) is 1. The van der Waals surface area contributed by atoms with Crippen molar-refractivity contribution in [2.45, 2.75) is 32.7 Å². The van der Waals surface area contributed by atoms with E-state index in [9.17, 15) is 0 Å². The molecule has 1 aliphatic rings. The average molecular weight is 182 g/mol. The van der Waals surface area contributed by atoms with E-state index >= 15 is 0 Å². The second kappa shape index (κ2) is 5.28. The molecule has 0 unspecified atom stereocenters. The van der Waals surface area contributed by atoms with Crippen LogP contribution in [0.5, 0.6) is 0 Å². The molecule has 0 amide bonds. The predicted molar refractivity (Wildman–Crippen MR) is 57.6 cm³/mol. The zero-order chi connectivity index (χ0) is 9.68. The Labute approximate surface area is 82.0 Å². The van der Waals surface area contributed by atoms with Crippen LogP contribution in [-0.2, 0) is 0 Å². The number of piperidine rings is 1. The van der Waals surface area contributed by atoms with Crippen LogP contribution in [0.3, 0.4) is 0 Å². The fourth-order valence-electron chi connectivity index (χ4n) is 1.93. The molecular formula is C11H22N2. The lowest BCUT2D eigenvalue weighted by Crippen LogP contribution is -2.41. The summed E-state index contributed by atoms with van der Waals surface area (Å²) >= 11 is 0. The van der Waals surface area contributed by atoms with Gasteiger partial charge < -0.3 is 10.2 Å². The molecule has 1 N–H and O–H groups in total. The van der Waals surface area contributed by atoms with E-state index in [0.29, 0.717) is 0 Å². The molecule has 0 aromatic heterocycles. The normalized spacial score (nSPS) is 19.0. The van der Waals surface area contributed by atoms with Crippen molar-refractivity contribution >= 4 is 0 Å². The topological polar surface area (TPSA) is 15.3 Å². The van der Waals surface area contributed by atoms with Crippen LogP contribution in [0, 0.1) is 5.92 Å². The van der Waals surface area contributed by atoms with Crippen LogP contribution in [0.25, 0.3) is 0 Å². The van der Waals surface area contributed by atoms with E-state index in [4.69, 9.17) is 0 Å². The number of rotatable bonds is 4. The first-order chi connectivity index (χ1) is 6.24. The van der Waals surface area contributed by atoms with Gasteiger partial charge in [-0.05, 0) is 38.0 Å². The smallest absolute Gasteiger partial charge is 0.0308 e. The van der Waals surface area contributed by atoms with Crippen molar-refractivity contribution in [1.29, 1.82) is 0 Å². The summed E-state index contributed by atoms with van der Waals surface area (Å²) in [5.41, 5.74) is 0. The quantitative estimate of drug-likeness (QED) is 0.713. The molecule has 0 aromatic rings. The van der Waals surface area contributed by atoms with Gasteiger partial charge in [0.25, 0.3) is 0 Å². The third-order valence-corrected chi connectivity index (χ3v) is 2.59. The molecular weight excluding hydrogens is 160 g/mol. The van der Waals surface area contributed by atoms with Gasteiger partial charge in [0, 0.05) is 12.6 Å². The van der Waals surface area contributed by atoms with Crippen molar-refractivity contribution in [3.63, 3.8) is 0 Å². The minimum Gasteiger partial charge on any atom is -0.375 e. The summed E-state index contributed by atoms with van der Waals surface area (Å²) in [7, 11) is 0. The third kappa shape index (κ3) is 3.39. The van der Waals surface area contributed by atoms with Crippen LogP contribution in [-0.4, -0.2) is 30.6 Å². The summed E-state index contributed by atoms with van der Waals surface area (Å²) in [6.07, 6.45) is 4.54. The van der Waals surface area contributed by atoms with Gasteiger partial charge in [-0.15, -0.1) is 0 Å². The average Bonchev–Trinajstić information content (AvgIpc) is 2.15. The molecule has 2 heteroatoms. The van der Waals surface area contributed by atoms with Crippen molar-refractivity contribution in [2.75, 3.05) is 19.6 Å². The highest BCUT2D eigenvalue weighted by Gasteiger charge is 2.18. The Kier molecular flexibility index (Phi) is 4.29. The molecule has 1 saturated heterocycles. The number of hydrogen-bond donors (Lipinski definition) is 1. The van der Waals surface area contributed by atoms with Crippen LogP contribution in [0.2, 0.25) is 0 Å². The van der Waals surface area contributed by atoms with Crippen LogP contribution in [0.1, 0.15) is 26.7 Å². The molecule has 76 valence electrons. The molecule has 0 atom stereocenters. The van der Waals surface area contributed by atoms with Crippen LogP contribution in [0.4, 0.5) is 0 Å². The van der Waals surface area contributed by atoms with Gasteiger partial charge in [-0.25, -0.2) is 0 Å². The lowest BCUT2D eigenvalue weighted by atomic mass is 10.0. The molecule has 1 heterocycles. The van der Waals surface area contributed by atoms with Crippen molar-refractivity contribution in [2.24, 2.45) is 5.92 Å². The van der Waals surface area contributed by atoms with E-state index in [1.807, 2.05) is 6.20 Å². The fourth-order valence-corrected chi connectivity index (χ4v) is 1.93. The van der Waals surface area contributed by atoms with Crippen molar-refractivity contribution in [3.8, 4) is 0 Å². The fraction of sp³-hybridized carbons (Fsp3) is 0.818. The summed E-state index contributed by atoms with van der Waals surface area (Å²) in [6.45, 7) is 11.9. The standard InChI is InChI=1S/C11H22N2/c1-4-13(9-10(2)3)11-5-7-12-8-6-11/h4,10-12H,1,5-9H2,2-3H3. The van der Waals surface area contributed by atoms with E-state index in [1.165, 1.54) is 12.8 Å². The maximum Gasteiger partial charge on any atom is 0.0308 e. The van der Waals surface area contributed by atoms with Crippen molar-refractivity contribution in [1.82, 2.24) is 10.2 Å². The Balaban J connectivity index is 2.39.